The third-order valence-corrected chi connectivity index (χ3v) is 6.21. The molecule has 5 nitrogen and oxygen atoms in total. The van der Waals surface area contributed by atoms with Crippen molar-refractivity contribution in [3.05, 3.63) is 126 Å². The molecule has 4 N–H and O–H groups in total. The van der Waals surface area contributed by atoms with E-state index in [1.165, 1.54) is 0 Å². The van der Waals surface area contributed by atoms with E-state index in [2.05, 4.69) is 0 Å². The molecule has 0 unspecified atom stereocenters. The van der Waals surface area contributed by atoms with Crippen molar-refractivity contribution in [2.45, 2.75) is 0 Å². The highest BCUT2D eigenvalue weighted by atomic mass is 16.5. The SMILES string of the molecule is Nc1cc(N)c2ccccc2c1OC(=O)c1cccc2ccccc12.O=Cc1cccc2ccccc12. The molecular weight excluding hydrogens is 460 g/mol. The van der Waals surface area contributed by atoms with Crippen molar-refractivity contribution in [3.8, 4) is 5.75 Å². The summed E-state index contributed by atoms with van der Waals surface area (Å²) < 4.78 is 5.69. The fourth-order valence-electron chi connectivity index (χ4n) is 4.42. The van der Waals surface area contributed by atoms with Gasteiger partial charge in [-0.15, -0.1) is 0 Å². The Balaban J connectivity index is 0.000000195. The largest absolute Gasteiger partial charge is 0.420 e. The summed E-state index contributed by atoms with van der Waals surface area (Å²) in [5.74, 6) is -0.110. The van der Waals surface area contributed by atoms with E-state index in [4.69, 9.17) is 16.2 Å². The number of nitrogens with two attached hydrogens (primary N) is 2. The molecule has 5 heteroatoms. The summed E-state index contributed by atoms with van der Waals surface area (Å²) in [5.41, 5.74) is 14.2. The summed E-state index contributed by atoms with van der Waals surface area (Å²) in [7, 11) is 0. The fraction of sp³-hybridized carbons (Fsp3) is 0. The number of aldehydes is 1. The van der Waals surface area contributed by atoms with Gasteiger partial charge in [0.2, 0.25) is 0 Å². The van der Waals surface area contributed by atoms with E-state index in [0.29, 0.717) is 28.1 Å². The second-order valence-corrected chi connectivity index (χ2v) is 8.53. The van der Waals surface area contributed by atoms with Crippen molar-refractivity contribution in [2.75, 3.05) is 11.5 Å². The highest BCUT2D eigenvalue weighted by Gasteiger charge is 2.17. The number of benzene rings is 6. The van der Waals surface area contributed by atoms with Crippen molar-refractivity contribution in [1.29, 1.82) is 0 Å². The van der Waals surface area contributed by atoms with Crippen LogP contribution < -0.4 is 16.2 Å². The Morgan fingerprint density at radius 1 is 0.595 bits per heavy atom. The molecule has 0 radical (unpaired) electrons. The monoisotopic (exact) mass is 484 g/mol. The van der Waals surface area contributed by atoms with Gasteiger partial charge >= 0.3 is 5.97 Å². The zero-order valence-electron chi connectivity index (χ0n) is 19.9. The van der Waals surface area contributed by atoms with Crippen LogP contribution in [0.15, 0.2) is 115 Å². The molecular formula is C32H24N2O3. The van der Waals surface area contributed by atoms with Crippen molar-refractivity contribution < 1.29 is 14.3 Å². The molecule has 6 aromatic carbocycles. The Morgan fingerprint density at radius 2 is 1.14 bits per heavy atom. The molecule has 6 aromatic rings. The molecule has 0 bridgehead atoms. The number of anilines is 2. The lowest BCUT2D eigenvalue weighted by molar-refractivity contribution is 0.0740. The maximum absolute atomic E-state index is 12.8. The molecule has 0 aliphatic rings. The molecule has 6 rings (SSSR count). The lowest BCUT2D eigenvalue weighted by Gasteiger charge is -2.13. The van der Waals surface area contributed by atoms with Gasteiger partial charge < -0.3 is 16.2 Å². The number of esters is 1. The third kappa shape index (κ3) is 4.70. The van der Waals surface area contributed by atoms with Gasteiger partial charge in [-0.3, -0.25) is 4.79 Å². The van der Waals surface area contributed by atoms with E-state index in [9.17, 15) is 9.59 Å². The molecule has 0 saturated heterocycles. The third-order valence-electron chi connectivity index (χ3n) is 6.21. The predicted octanol–water partition coefficient (Wildman–Crippen LogP) is 7.03. The summed E-state index contributed by atoms with van der Waals surface area (Å²) in [6, 6.07) is 35.9. The molecule has 0 fully saturated rings. The van der Waals surface area contributed by atoms with E-state index in [1.807, 2.05) is 103 Å². The Morgan fingerprint density at radius 3 is 1.84 bits per heavy atom. The summed E-state index contributed by atoms with van der Waals surface area (Å²) in [4.78, 5) is 23.4. The second kappa shape index (κ2) is 10.2. The van der Waals surface area contributed by atoms with Crippen LogP contribution in [0.3, 0.4) is 0 Å². The average molecular weight is 485 g/mol. The second-order valence-electron chi connectivity index (χ2n) is 8.53. The Labute approximate surface area is 213 Å². The molecule has 0 atom stereocenters. The van der Waals surface area contributed by atoms with Crippen molar-refractivity contribution in [3.63, 3.8) is 0 Å². The van der Waals surface area contributed by atoms with E-state index < -0.39 is 5.97 Å². The van der Waals surface area contributed by atoms with Gasteiger partial charge in [-0.25, -0.2) is 4.79 Å². The van der Waals surface area contributed by atoms with Crippen LogP contribution >= 0.6 is 0 Å². The van der Waals surface area contributed by atoms with Gasteiger partial charge in [0.15, 0.2) is 12.0 Å². The van der Waals surface area contributed by atoms with Gasteiger partial charge in [-0.1, -0.05) is 103 Å². The van der Waals surface area contributed by atoms with Crippen LogP contribution in [0.1, 0.15) is 20.7 Å². The molecule has 0 aliphatic heterocycles. The molecule has 0 spiro atoms. The quantitative estimate of drug-likeness (QED) is 0.122. The van der Waals surface area contributed by atoms with Gasteiger partial charge in [0.05, 0.1) is 11.3 Å². The van der Waals surface area contributed by atoms with E-state index in [1.54, 1.807) is 12.1 Å². The van der Waals surface area contributed by atoms with Crippen LogP contribution in [0, 0.1) is 0 Å². The number of fused-ring (bicyclic) bond motifs is 3. The number of hydrogen-bond acceptors (Lipinski definition) is 5. The first-order valence-electron chi connectivity index (χ1n) is 11.8. The number of carbonyl (C=O) groups is 2. The topological polar surface area (TPSA) is 95.4 Å². The zero-order valence-corrected chi connectivity index (χ0v) is 19.9. The number of rotatable bonds is 3. The molecule has 0 heterocycles. The first kappa shape index (κ1) is 23.6. The highest BCUT2D eigenvalue weighted by Crippen LogP contribution is 2.36. The maximum atomic E-state index is 12.8. The maximum Gasteiger partial charge on any atom is 0.344 e. The number of nitrogen functional groups attached to an aromatic ring is 2. The normalized spacial score (nSPS) is 10.6. The minimum atomic E-state index is -0.446. The number of hydrogen-bond donors (Lipinski definition) is 2. The number of ether oxygens (including phenoxy) is 1. The smallest absolute Gasteiger partial charge is 0.344 e. The Hall–Kier alpha value is -5.16. The van der Waals surface area contributed by atoms with E-state index >= 15 is 0 Å². The van der Waals surface area contributed by atoms with Crippen LogP contribution in [0.2, 0.25) is 0 Å². The lowest BCUT2D eigenvalue weighted by atomic mass is 10.0. The van der Waals surface area contributed by atoms with Gasteiger partial charge in [0.1, 0.15) is 0 Å². The summed E-state index contributed by atoms with van der Waals surface area (Å²) >= 11 is 0. The number of carbonyl (C=O) groups excluding carboxylic acids is 2. The van der Waals surface area contributed by atoms with Crippen LogP contribution in [0.5, 0.6) is 5.75 Å². The predicted molar refractivity (Wildman–Crippen MR) is 151 cm³/mol. The molecule has 0 saturated carbocycles. The van der Waals surface area contributed by atoms with Crippen molar-refractivity contribution >= 4 is 55.9 Å². The van der Waals surface area contributed by atoms with E-state index in [0.717, 1.165) is 38.8 Å². The fourth-order valence-corrected chi connectivity index (χ4v) is 4.42. The van der Waals surface area contributed by atoms with Crippen LogP contribution in [0.4, 0.5) is 11.4 Å². The minimum Gasteiger partial charge on any atom is -0.420 e. The Kier molecular flexibility index (Phi) is 6.51. The molecule has 0 aliphatic carbocycles. The van der Waals surface area contributed by atoms with Crippen LogP contribution in [0.25, 0.3) is 32.3 Å². The standard InChI is InChI=1S/C21H16N2O2.C11H8O/c22-18-12-19(23)20(16-10-4-3-9-15(16)18)25-21(24)17-11-5-7-13-6-1-2-8-14(13)17;12-8-10-6-3-5-9-4-1-2-7-11(9)10/h1-12H,22-23H2;1-8H. The van der Waals surface area contributed by atoms with Crippen LogP contribution in [-0.2, 0) is 0 Å². The van der Waals surface area contributed by atoms with Gasteiger partial charge in [-0.05, 0) is 33.7 Å². The summed E-state index contributed by atoms with van der Waals surface area (Å²) in [6.07, 6.45) is 0.891. The molecule has 180 valence electrons. The highest BCUT2D eigenvalue weighted by molar-refractivity contribution is 6.08. The van der Waals surface area contributed by atoms with Gasteiger partial charge in [-0.2, -0.15) is 0 Å². The van der Waals surface area contributed by atoms with E-state index in [-0.39, 0.29) is 0 Å². The molecule has 37 heavy (non-hydrogen) atoms. The molecule has 0 amide bonds. The van der Waals surface area contributed by atoms with Gasteiger partial charge in [0.25, 0.3) is 0 Å². The molecule has 0 aromatic heterocycles. The van der Waals surface area contributed by atoms with Crippen LogP contribution in [-0.4, -0.2) is 12.3 Å². The van der Waals surface area contributed by atoms with Gasteiger partial charge in [0, 0.05) is 22.0 Å². The lowest BCUT2D eigenvalue weighted by Crippen LogP contribution is -2.11. The van der Waals surface area contributed by atoms with Crippen molar-refractivity contribution in [1.82, 2.24) is 0 Å². The summed E-state index contributed by atoms with van der Waals surface area (Å²) in [6.45, 7) is 0. The zero-order chi connectivity index (χ0) is 25.8. The summed E-state index contributed by atoms with van der Waals surface area (Å²) in [5, 5.41) is 5.48. The van der Waals surface area contributed by atoms with Crippen molar-refractivity contribution in [2.24, 2.45) is 0 Å². The first-order chi connectivity index (χ1) is 18.1. The first-order valence-corrected chi connectivity index (χ1v) is 11.8. The Bertz CT molecular complexity index is 1770. The minimum absolute atomic E-state index is 0.336. The average Bonchev–Trinajstić information content (AvgIpc) is 2.95.